The molecule has 0 aliphatic heterocycles. The highest BCUT2D eigenvalue weighted by molar-refractivity contribution is 7.99. The van der Waals surface area contributed by atoms with Gasteiger partial charge in [-0.15, -0.1) is 0 Å². The second-order valence-corrected chi connectivity index (χ2v) is 8.05. The summed E-state index contributed by atoms with van der Waals surface area (Å²) in [4.78, 5) is 29.0. The molecule has 2 N–H and O–H groups in total. The number of nitrogens with two attached hydrogens (primary N) is 1. The first kappa shape index (κ1) is 18.0. The van der Waals surface area contributed by atoms with Gasteiger partial charge in [-0.3, -0.25) is 14.2 Å². The van der Waals surface area contributed by atoms with Gasteiger partial charge in [-0.05, 0) is 30.4 Å². The molecular formula is C19H25N3O2S. The molecule has 1 aromatic heterocycles. The maximum Gasteiger partial charge on any atom is 0.262 e. The molecule has 5 nitrogen and oxygen atoms in total. The first-order valence-electron chi connectivity index (χ1n) is 8.91. The first-order valence-corrected chi connectivity index (χ1v) is 9.90. The van der Waals surface area contributed by atoms with Gasteiger partial charge in [0.15, 0.2) is 5.16 Å². The van der Waals surface area contributed by atoms with E-state index < -0.39 is 0 Å². The predicted molar refractivity (Wildman–Crippen MR) is 102 cm³/mol. The van der Waals surface area contributed by atoms with E-state index in [0.717, 1.165) is 12.8 Å². The summed E-state index contributed by atoms with van der Waals surface area (Å²) in [5.41, 5.74) is 5.99. The molecule has 0 radical (unpaired) electrons. The van der Waals surface area contributed by atoms with Crippen LogP contribution >= 0.6 is 11.8 Å². The number of rotatable bonds is 5. The van der Waals surface area contributed by atoms with Gasteiger partial charge in [0.25, 0.3) is 5.56 Å². The number of hydrogen-bond acceptors (Lipinski definition) is 4. The van der Waals surface area contributed by atoms with Gasteiger partial charge in [0, 0.05) is 18.2 Å². The highest BCUT2D eigenvalue weighted by Gasteiger charge is 2.31. The van der Waals surface area contributed by atoms with Crippen LogP contribution < -0.4 is 11.3 Å². The Morgan fingerprint density at radius 3 is 2.84 bits per heavy atom. The van der Waals surface area contributed by atoms with E-state index in [1.165, 1.54) is 18.2 Å². The number of benzene rings is 1. The van der Waals surface area contributed by atoms with Crippen LogP contribution in [0.4, 0.5) is 0 Å². The summed E-state index contributed by atoms with van der Waals surface area (Å²) < 4.78 is 1.88. The van der Waals surface area contributed by atoms with Gasteiger partial charge in [0.2, 0.25) is 5.91 Å². The molecule has 1 saturated carbocycles. The van der Waals surface area contributed by atoms with Crippen molar-refractivity contribution in [2.24, 2.45) is 17.6 Å². The van der Waals surface area contributed by atoms with Crippen molar-refractivity contribution in [2.75, 3.05) is 5.75 Å². The van der Waals surface area contributed by atoms with Crippen LogP contribution in [0.25, 0.3) is 10.9 Å². The average molecular weight is 359 g/mol. The number of carbonyl (C=O) groups excluding carboxylic acids is 1. The van der Waals surface area contributed by atoms with Crippen LogP contribution in [0, 0.1) is 11.8 Å². The maximum atomic E-state index is 13.2. The minimum atomic E-state index is -0.332. The Morgan fingerprint density at radius 1 is 1.32 bits per heavy atom. The van der Waals surface area contributed by atoms with Crippen LogP contribution in [0.2, 0.25) is 0 Å². The fraction of sp³-hybridized carbons (Fsp3) is 0.526. The lowest BCUT2D eigenvalue weighted by Crippen LogP contribution is -2.35. The third-order valence-corrected chi connectivity index (χ3v) is 6.30. The van der Waals surface area contributed by atoms with Crippen LogP contribution in [0.5, 0.6) is 0 Å². The van der Waals surface area contributed by atoms with E-state index >= 15 is 0 Å². The van der Waals surface area contributed by atoms with Crippen molar-refractivity contribution in [1.29, 1.82) is 0 Å². The molecule has 1 fully saturated rings. The Morgan fingerprint density at radius 2 is 2.08 bits per heavy atom. The third-order valence-electron chi connectivity index (χ3n) is 5.35. The van der Waals surface area contributed by atoms with Crippen molar-refractivity contribution in [2.45, 2.75) is 50.7 Å². The zero-order valence-corrected chi connectivity index (χ0v) is 15.6. The zero-order valence-electron chi connectivity index (χ0n) is 14.8. The molecule has 1 aliphatic carbocycles. The summed E-state index contributed by atoms with van der Waals surface area (Å²) >= 11 is 1.45. The number of primary amides is 1. The molecule has 3 atom stereocenters. The van der Waals surface area contributed by atoms with Crippen LogP contribution in [-0.4, -0.2) is 21.2 Å². The highest BCUT2D eigenvalue weighted by Crippen LogP contribution is 2.38. The van der Waals surface area contributed by atoms with E-state index in [1.54, 1.807) is 0 Å². The van der Waals surface area contributed by atoms with E-state index in [-0.39, 0.29) is 23.9 Å². The van der Waals surface area contributed by atoms with Crippen molar-refractivity contribution in [3.8, 4) is 0 Å². The fourth-order valence-corrected chi connectivity index (χ4v) is 4.69. The molecule has 1 aliphatic rings. The molecular weight excluding hydrogens is 334 g/mol. The summed E-state index contributed by atoms with van der Waals surface area (Å²) in [5.74, 6) is 1.21. The minimum Gasteiger partial charge on any atom is -0.370 e. The quantitative estimate of drug-likeness (QED) is 0.656. The van der Waals surface area contributed by atoms with Crippen molar-refractivity contribution < 1.29 is 4.79 Å². The Balaban J connectivity index is 2.08. The first-order chi connectivity index (χ1) is 12.0. The Bertz CT molecular complexity index is 833. The Hall–Kier alpha value is -1.82. The summed E-state index contributed by atoms with van der Waals surface area (Å²) in [5, 5.41) is 1.36. The normalized spacial score (nSPS) is 23.7. The Kier molecular flexibility index (Phi) is 5.47. The van der Waals surface area contributed by atoms with Gasteiger partial charge < -0.3 is 5.73 Å². The lowest BCUT2D eigenvalue weighted by Gasteiger charge is -2.36. The van der Waals surface area contributed by atoms with E-state index in [1.807, 2.05) is 28.8 Å². The molecule has 3 rings (SSSR count). The lowest BCUT2D eigenvalue weighted by atomic mass is 9.78. The second-order valence-electron chi connectivity index (χ2n) is 6.99. The number of carbonyl (C=O) groups is 1. The van der Waals surface area contributed by atoms with E-state index in [4.69, 9.17) is 10.7 Å². The molecule has 134 valence electrons. The number of amides is 1. The molecule has 0 saturated heterocycles. The molecule has 25 heavy (non-hydrogen) atoms. The van der Waals surface area contributed by atoms with Gasteiger partial charge in [-0.2, -0.15) is 0 Å². The standard InChI is InChI=1S/C19H25N3O2S/c1-12-6-5-9-16(13(12)2)22-18(24)14-7-3-4-8-15(14)21-19(22)25-11-10-17(20)23/h3-4,7-8,12-13,16H,5-6,9-11H2,1-2H3,(H2,20,23)/t12-,13-,16-/m1/s1. The molecule has 0 bridgehead atoms. The summed E-state index contributed by atoms with van der Waals surface area (Å²) in [6, 6.07) is 7.64. The molecule has 0 spiro atoms. The lowest BCUT2D eigenvalue weighted by molar-refractivity contribution is -0.117. The second kappa shape index (κ2) is 7.60. The molecule has 2 aromatic rings. The predicted octanol–water partition coefficient (Wildman–Crippen LogP) is 3.36. The zero-order chi connectivity index (χ0) is 18.0. The molecule has 1 heterocycles. The molecule has 6 heteroatoms. The van der Waals surface area contributed by atoms with E-state index in [9.17, 15) is 9.59 Å². The van der Waals surface area contributed by atoms with E-state index in [0.29, 0.717) is 33.6 Å². The number of fused-ring (bicyclic) bond motifs is 1. The fourth-order valence-electron chi connectivity index (χ4n) is 3.68. The maximum absolute atomic E-state index is 13.2. The van der Waals surface area contributed by atoms with Crippen LogP contribution in [-0.2, 0) is 4.79 Å². The molecule has 1 amide bonds. The summed E-state index contributed by atoms with van der Waals surface area (Å²) in [6.45, 7) is 4.49. The minimum absolute atomic E-state index is 0.0260. The number of para-hydroxylation sites is 1. The molecule has 0 unspecified atom stereocenters. The van der Waals surface area contributed by atoms with Crippen molar-refractivity contribution in [1.82, 2.24) is 9.55 Å². The monoisotopic (exact) mass is 359 g/mol. The number of aromatic nitrogens is 2. The van der Waals surface area contributed by atoms with Gasteiger partial charge in [0.1, 0.15) is 0 Å². The van der Waals surface area contributed by atoms with Gasteiger partial charge in [-0.1, -0.05) is 50.6 Å². The largest absolute Gasteiger partial charge is 0.370 e. The van der Waals surface area contributed by atoms with Crippen molar-refractivity contribution >= 4 is 28.6 Å². The summed E-state index contributed by atoms with van der Waals surface area (Å²) in [6.07, 6.45) is 3.61. The van der Waals surface area contributed by atoms with Gasteiger partial charge >= 0.3 is 0 Å². The summed E-state index contributed by atoms with van der Waals surface area (Å²) in [7, 11) is 0. The highest BCUT2D eigenvalue weighted by atomic mass is 32.2. The van der Waals surface area contributed by atoms with Gasteiger partial charge in [-0.25, -0.2) is 4.98 Å². The number of hydrogen-bond donors (Lipinski definition) is 1. The van der Waals surface area contributed by atoms with E-state index in [2.05, 4.69) is 13.8 Å². The number of nitrogens with zero attached hydrogens (tertiary/aromatic N) is 2. The van der Waals surface area contributed by atoms with Crippen LogP contribution in [0.3, 0.4) is 0 Å². The van der Waals surface area contributed by atoms with Gasteiger partial charge in [0.05, 0.1) is 10.9 Å². The molecule has 1 aromatic carbocycles. The topological polar surface area (TPSA) is 78.0 Å². The third kappa shape index (κ3) is 3.73. The van der Waals surface area contributed by atoms with Crippen molar-refractivity contribution in [3.05, 3.63) is 34.6 Å². The Labute approximate surface area is 152 Å². The van der Waals surface area contributed by atoms with Crippen LogP contribution in [0.1, 0.15) is 45.6 Å². The van der Waals surface area contributed by atoms with Crippen molar-refractivity contribution in [3.63, 3.8) is 0 Å². The number of thioether (sulfide) groups is 1. The van der Waals surface area contributed by atoms with Crippen LogP contribution in [0.15, 0.2) is 34.2 Å². The smallest absolute Gasteiger partial charge is 0.262 e. The SMILES string of the molecule is C[C@@H]1[C@H](C)CCC[C@H]1n1c(SCCC(N)=O)nc2ccccc2c1=O. The average Bonchev–Trinajstić information content (AvgIpc) is 2.58.